The van der Waals surface area contributed by atoms with Crippen molar-refractivity contribution in [3.63, 3.8) is 0 Å². The van der Waals surface area contributed by atoms with Crippen molar-refractivity contribution in [1.29, 1.82) is 0 Å². The SMILES string of the molecule is COCC(NC(=O)O)C(=O)NCC(F)(F)F. The van der Waals surface area contributed by atoms with Crippen LogP contribution in [0.4, 0.5) is 18.0 Å². The van der Waals surface area contributed by atoms with Crippen LogP contribution in [0.25, 0.3) is 0 Å². The molecule has 0 bridgehead atoms. The van der Waals surface area contributed by atoms with Crippen LogP contribution < -0.4 is 10.6 Å². The third-order valence-electron chi connectivity index (χ3n) is 1.41. The molecule has 1 unspecified atom stereocenters. The fraction of sp³-hybridized carbons (Fsp3) is 0.714. The summed E-state index contributed by atoms with van der Waals surface area (Å²) in [5.41, 5.74) is 0. The molecular weight excluding hydrogens is 233 g/mol. The van der Waals surface area contributed by atoms with Gasteiger partial charge in [0.05, 0.1) is 6.61 Å². The van der Waals surface area contributed by atoms with Crippen LogP contribution in [0.2, 0.25) is 0 Å². The van der Waals surface area contributed by atoms with Gasteiger partial charge in [0.15, 0.2) is 0 Å². The van der Waals surface area contributed by atoms with Crippen molar-refractivity contribution in [1.82, 2.24) is 10.6 Å². The molecule has 9 heteroatoms. The number of hydrogen-bond acceptors (Lipinski definition) is 3. The molecule has 94 valence electrons. The maximum absolute atomic E-state index is 11.7. The van der Waals surface area contributed by atoms with E-state index >= 15 is 0 Å². The van der Waals surface area contributed by atoms with Gasteiger partial charge in [-0.1, -0.05) is 0 Å². The summed E-state index contributed by atoms with van der Waals surface area (Å²) in [6, 6.07) is -1.37. The minimum absolute atomic E-state index is 0.351. The quantitative estimate of drug-likeness (QED) is 0.632. The van der Waals surface area contributed by atoms with Crippen LogP contribution in [0.3, 0.4) is 0 Å². The van der Waals surface area contributed by atoms with Gasteiger partial charge in [0, 0.05) is 7.11 Å². The van der Waals surface area contributed by atoms with Gasteiger partial charge in [-0.25, -0.2) is 4.79 Å². The van der Waals surface area contributed by atoms with Gasteiger partial charge >= 0.3 is 12.3 Å². The number of nitrogens with one attached hydrogen (secondary N) is 2. The fourth-order valence-corrected chi connectivity index (χ4v) is 0.809. The molecule has 0 heterocycles. The Morgan fingerprint density at radius 1 is 1.44 bits per heavy atom. The van der Waals surface area contributed by atoms with Crippen molar-refractivity contribution < 1.29 is 32.6 Å². The second-order valence-electron chi connectivity index (χ2n) is 2.79. The average Bonchev–Trinajstić information content (AvgIpc) is 2.11. The molecule has 1 atom stereocenters. The van der Waals surface area contributed by atoms with Gasteiger partial charge in [-0.3, -0.25) is 4.79 Å². The van der Waals surface area contributed by atoms with Gasteiger partial charge < -0.3 is 20.5 Å². The molecule has 0 aliphatic heterocycles. The van der Waals surface area contributed by atoms with Crippen LogP contribution in [0.5, 0.6) is 0 Å². The minimum Gasteiger partial charge on any atom is -0.465 e. The number of rotatable bonds is 5. The lowest BCUT2D eigenvalue weighted by Gasteiger charge is -2.16. The molecule has 16 heavy (non-hydrogen) atoms. The van der Waals surface area contributed by atoms with Crippen LogP contribution in [0.15, 0.2) is 0 Å². The Bertz CT molecular complexity index is 257. The summed E-state index contributed by atoms with van der Waals surface area (Å²) in [6.45, 7) is -1.87. The van der Waals surface area contributed by atoms with E-state index in [1.54, 1.807) is 10.6 Å². The smallest absolute Gasteiger partial charge is 0.405 e. The highest BCUT2D eigenvalue weighted by Crippen LogP contribution is 2.12. The summed E-state index contributed by atoms with van der Waals surface area (Å²) in [5.74, 6) is -1.10. The lowest BCUT2D eigenvalue weighted by molar-refractivity contribution is -0.140. The van der Waals surface area contributed by atoms with Gasteiger partial charge in [-0.05, 0) is 0 Å². The summed E-state index contributed by atoms with van der Waals surface area (Å²) in [7, 11) is 1.19. The largest absolute Gasteiger partial charge is 0.465 e. The number of halogens is 3. The van der Waals surface area contributed by atoms with Crippen LogP contribution in [-0.2, 0) is 9.53 Å². The molecule has 0 saturated carbocycles. The fourth-order valence-electron chi connectivity index (χ4n) is 0.809. The third kappa shape index (κ3) is 6.87. The molecule has 0 rings (SSSR count). The van der Waals surface area contributed by atoms with Gasteiger partial charge in [0.2, 0.25) is 5.91 Å². The van der Waals surface area contributed by atoms with E-state index in [4.69, 9.17) is 5.11 Å². The Labute approximate surface area is 88.8 Å². The number of carbonyl (C=O) groups excluding carboxylic acids is 1. The number of methoxy groups -OCH3 is 1. The summed E-state index contributed by atoms with van der Waals surface area (Å²) >= 11 is 0. The van der Waals surface area contributed by atoms with Crippen LogP contribution in [0.1, 0.15) is 0 Å². The molecule has 0 spiro atoms. The molecule has 0 aromatic heterocycles. The van der Waals surface area contributed by atoms with E-state index in [2.05, 4.69) is 4.74 Å². The summed E-state index contributed by atoms with van der Waals surface area (Å²) < 4.78 is 39.7. The zero-order chi connectivity index (χ0) is 12.8. The molecule has 3 N–H and O–H groups in total. The van der Waals surface area contributed by atoms with Crippen molar-refractivity contribution >= 4 is 12.0 Å². The first kappa shape index (κ1) is 14.5. The molecule has 6 nitrogen and oxygen atoms in total. The second kappa shape index (κ2) is 6.16. The first-order valence-corrected chi connectivity index (χ1v) is 4.09. The highest BCUT2D eigenvalue weighted by atomic mass is 19.4. The summed E-state index contributed by atoms with van der Waals surface area (Å²) in [5, 5.41) is 11.6. The van der Waals surface area contributed by atoms with Crippen LogP contribution in [0, 0.1) is 0 Å². The van der Waals surface area contributed by atoms with E-state index in [0.29, 0.717) is 0 Å². The number of hydrogen-bond donors (Lipinski definition) is 3. The van der Waals surface area contributed by atoms with E-state index in [0.717, 1.165) is 0 Å². The standard InChI is InChI=1S/C7H11F3N2O4/c1-16-2-4(12-6(14)15)5(13)11-3-7(8,9)10/h4,12H,2-3H2,1H3,(H,11,13)(H,14,15). The normalized spacial score (nSPS) is 13.0. The van der Waals surface area contributed by atoms with Gasteiger partial charge in [0.25, 0.3) is 0 Å². The Morgan fingerprint density at radius 3 is 2.38 bits per heavy atom. The lowest BCUT2D eigenvalue weighted by atomic mass is 10.3. The predicted octanol–water partition coefficient (Wildman–Crippen LogP) is -0.0525. The van der Waals surface area contributed by atoms with Crippen molar-refractivity contribution in [2.24, 2.45) is 0 Å². The van der Waals surface area contributed by atoms with Gasteiger partial charge in [-0.2, -0.15) is 13.2 Å². The topological polar surface area (TPSA) is 87.7 Å². The Morgan fingerprint density at radius 2 is 2.00 bits per heavy atom. The van der Waals surface area contributed by atoms with E-state index in [-0.39, 0.29) is 6.61 Å². The molecule has 0 aromatic carbocycles. The first-order chi connectivity index (χ1) is 7.26. The summed E-state index contributed by atoms with van der Waals surface area (Å²) in [4.78, 5) is 21.3. The Balaban J connectivity index is 4.22. The molecule has 2 amide bonds. The monoisotopic (exact) mass is 244 g/mol. The molecule has 0 aliphatic carbocycles. The predicted molar refractivity (Wildman–Crippen MR) is 45.9 cm³/mol. The third-order valence-corrected chi connectivity index (χ3v) is 1.41. The minimum atomic E-state index is -4.55. The van der Waals surface area contributed by atoms with Crippen molar-refractivity contribution in [2.75, 3.05) is 20.3 Å². The molecule has 0 aromatic rings. The first-order valence-electron chi connectivity index (χ1n) is 4.09. The Hall–Kier alpha value is -1.51. The summed E-state index contributed by atoms with van der Waals surface area (Å²) in [6.07, 6.45) is -6.07. The highest BCUT2D eigenvalue weighted by molar-refractivity contribution is 5.85. The van der Waals surface area contributed by atoms with Crippen LogP contribution >= 0.6 is 0 Å². The number of carbonyl (C=O) groups is 2. The Kier molecular flexibility index (Phi) is 5.57. The lowest BCUT2D eigenvalue weighted by Crippen LogP contribution is -2.50. The number of amides is 2. The van der Waals surface area contributed by atoms with Gasteiger partial charge in [0.1, 0.15) is 12.6 Å². The van der Waals surface area contributed by atoms with Gasteiger partial charge in [-0.15, -0.1) is 0 Å². The van der Waals surface area contributed by atoms with E-state index in [1.807, 2.05) is 0 Å². The number of alkyl halides is 3. The van der Waals surface area contributed by atoms with Crippen molar-refractivity contribution in [3.05, 3.63) is 0 Å². The maximum atomic E-state index is 11.7. The number of ether oxygens (including phenoxy) is 1. The van der Waals surface area contributed by atoms with E-state index < -0.39 is 30.8 Å². The zero-order valence-electron chi connectivity index (χ0n) is 8.30. The van der Waals surface area contributed by atoms with E-state index in [9.17, 15) is 22.8 Å². The van der Waals surface area contributed by atoms with Crippen LogP contribution in [-0.4, -0.2) is 49.6 Å². The molecule has 0 fully saturated rings. The van der Waals surface area contributed by atoms with E-state index in [1.165, 1.54) is 7.11 Å². The molecule has 0 aliphatic rings. The second-order valence-corrected chi connectivity index (χ2v) is 2.79. The average molecular weight is 244 g/mol. The highest BCUT2D eigenvalue weighted by Gasteiger charge is 2.30. The van der Waals surface area contributed by atoms with Crippen molar-refractivity contribution in [3.8, 4) is 0 Å². The molecule has 0 saturated heterocycles. The van der Waals surface area contributed by atoms with Crippen molar-refractivity contribution in [2.45, 2.75) is 12.2 Å². The number of carboxylic acid groups (broad SMARTS) is 1. The maximum Gasteiger partial charge on any atom is 0.405 e. The zero-order valence-corrected chi connectivity index (χ0v) is 8.30. The molecular formula is C7H11F3N2O4. The molecule has 0 radical (unpaired) electrons.